The number of aliphatic hydroxyl groups excluding tert-OH is 1. The van der Waals surface area contributed by atoms with E-state index in [2.05, 4.69) is 15.1 Å². The number of anilines is 1. The lowest BCUT2D eigenvalue weighted by Crippen LogP contribution is -2.36. The van der Waals surface area contributed by atoms with Gasteiger partial charge in [0.1, 0.15) is 19.0 Å². The van der Waals surface area contributed by atoms with Gasteiger partial charge >= 0.3 is 6.09 Å². The minimum absolute atomic E-state index is 0. The van der Waals surface area contributed by atoms with Crippen molar-refractivity contribution in [3.8, 4) is 11.1 Å². The first kappa shape index (κ1) is 27.7. The Hall–Kier alpha value is -3.51. The van der Waals surface area contributed by atoms with Gasteiger partial charge in [-0.05, 0) is 12.8 Å². The van der Waals surface area contributed by atoms with Crippen molar-refractivity contribution in [2.75, 3.05) is 31.2 Å². The normalized spacial score (nSPS) is 13.0. The Morgan fingerprint density at radius 1 is 1.26 bits per heavy atom. The number of aliphatic hydroxyl groups is 1. The van der Waals surface area contributed by atoms with Crippen LogP contribution in [0.4, 0.5) is 15.1 Å². The van der Waals surface area contributed by atoms with E-state index in [1.54, 1.807) is 24.5 Å². The van der Waals surface area contributed by atoms with E-state index in [0.717, 1.165) is 25.0 Å². The van der Waals surface area contributed by atoms with Crippen LogP contribution in [0.2, 0.25) is 0 Å². The lowest BCUT2D eigenvalue weighted by atomic mass is 10.1. The van der Waals surface area contributed by atoms with Crippen LogP contribution in [-0.4, -0.2) is 59.1 Å². The fraction of sp³-hybridized carbons (Fsp3) is 0.409. The topological polar surface area (TPSA) is 159 Å². The molecule has 5 N–H and O–H groups in total. The van der Waals surface area contributed by atoms with Gasteiger partial charge in [0.15, 0.2) is 5.96 Å². The highest BCUT2D eigenvalue weighted by Gasteiger charge is 2.19. The Morgan fingerprint density at radius 3 is 2.63 bits per heavy atom. The van der Waals surface area contributed by atoms with Crippen LogP contribution >= 0.6 is 12.4 Å². The number of nitrogens with zero attached hydrogens (tertiary/aromatic N) is 4. The summed E-state index contributed by atoms with van der Waals surface area (Å²) in [6, 6.07) is 4.74. The molecule has 1 aliphatic heterocycles. The summed E-state index contributed by atoms with van der Waals surface area (Å²) in [7, 11) is 0. The van der Waals surface area contributed by atoms with Crippen LogP contribution in [0.25, 0.3) is 11.1 Å². The number of amides is 1. The van der Waals surface area contributed by atoms with Crippen molar-refractivity contribution < 1.29 is 23.9 Å². The number of oxime groups is 1. The molecule has 0 saturated carbocycles. The number of unbranched alkanes of at least 4 members (excludes halogenated alkanes) is 1. The number of halogens is 2. The van der Waals surface area contributed by atoms with E-state index < -0.39 is 17.9 Å². The van der Waals surface area contributed by atoms with E-state index in [1.807, 2.05) is 10.2 Å². The summed E-state index contributed by atoms with van der Waals surface area (Å²) in [5.74, 6) is -0.559. The lowest BCUT2D eigenvalue weighted by Gasteiger charge is -2.27. The molecule has 1 amide bonds. The third kappa shape index (κ3) is 8.34. The maximum Gasteiger partial charge on any atom is 0.414 e. The zero-order chi connectivity index (χ0) is 24.3. The first-order chi connectivity index (χ1) is 16.5. The Balaban J connectivity index is 0.00000432. The lowest BCUT2D eigenvalue weighted by molar-refractivity contribution is 0.132. The van der Waals surface area contributed by atoms with Gasteiger partial charge in [-0.25, -0.2) is 19.2 Å². The minimum Gasteiger partial charge on any atom is -0.444 e. The van der Waals surface area contributed by atoms with Gasteiger partial charge in [-0.1, -0.05) is 23.4 Å². The highest BCUT2D eigenvalue weighted by Crippen LogP contribution is 2.25. The van der Waals surface area contributed by atoms with Crippen molar-refractivity contribution in [3.05, 3.63) is 42.0 Å². The molecule has 2 aromatic rings. The molecule has 2 heterocycles. The molecule has 0 bridgehead atoms. The maximum atomic E-state index is 15.0. The predicted octanol–water partition coefficient (Wildman–Crippen LogP) is 2.57. The molecule has 0 unspecified atom stereocenters. The van der Waals surface area contributed by atoms with E-state index in [1.165, 1.54) is 6.07 Å². The number of piperidine rings is 1. The van der Waals surface area contributed by atoms with Crippen molar-refractivity contribution >= 4 is 36.1 Å². The number of nitrogens with two attached hydrogens (primary N) is 1. The van der Waals surface area contributed by atoms with Crippen molar-refractivity contribution in [1.82, 2.24) is 15.3 Å². The molecule has 1 aliphatic rings. The van der Waals surface area contributed by atoms with Crippen molar-refractivity contribution in [2.45, 2.75) is 32.3 Å². The van der Waals surface area contributed by atoms with Crippen LogP contribution in [0.1, 0.15) is 31.2 Å². The van der Waals surface area contributed by atoms with Gasteiger partial charge in [0.05, 0.1) is 5.71 Å². The summed E-state index contributed by atoms with van der Waals surface area (Å²) in [6.07, 6.45) is 5.12. The van der Waals surface area contributed by atoms with Gasteiger partial charge < -0.3 is 25.3 Å². The van der Waals surface area contributed by atoms with Crippen LogP contribution in [-0.2, 0) is 16.2 Å². The zero-order valence-corrected chi connectivity index (χ0v) is 19.9. The summed E-state index contributed by atoms with van der Waals surface area (Å²) in [4.78, 5) is 27.6. The van der Waals surface area contributed by atoms with Crippen LogP contribution in [0.5, 0.6) is 0 Å². The number of hydrogen-bond acceptors (Lipinski definition) is 9. The molecule has 13 heteroatoms. The van der Waals surface area contributed by atoms with Gasteiger partial charge in [-0.2, -0.15) is 0 Å². The number of ether oxygens (including phenoxy) is 1. The van der Waals surface area contributed by atoms with Gasteiger partial charge in [0.2, 0.25) is 5.95 Å². The van der Waals surface area contributed by atoms with Crippen LogP contribution in [0.3, 0.4) is 0 Å². The predicted molar refractivity (Wildman–Crippen MR) is 131 cm³/mol. The number of rotatable bonds is 9. The Bertz CT molecular complexity index is 1010. The number of carbonyl (C=O) groups is 1. The molecule has 0 atom stereocenters. The first-order valence-corrected chi connectivity index (χ1v) is 10.9. The third-order valence-corrected chi connectivity index (χ3v) is 5.08. The minimum atomic E-state index is -0.937. The van der Waals surface area contributed by atoms with Crippen LogP contribution < -0.4 is 16.0 Å². The molecule has 3 rings (SSSR count). The SMILES string of the molecule is Cl.N=C(N)NC(=O)OCc1cccc(-c2cnc(N3CCC(=NOCCCCO)CC3)nc2)c1F. The van der Waals surface area contributed by atoms with E-state index in [-0.39, 0.29) is 36.7 Å². The number of guanidine groups is 1. The Kier molecular flexibility index (Phi) is 11.1. The summed E-state index contributed by atoms with van der Waals surface area (Å²) in [5.41, 5.74) is 6.99. The van der Waals surface area contributed by atoms with E-state index in [4.69, 9.17) is 25.8 Å². The molecule has 0 aliphatic carbocycles. The molecule has 1 aromatic heterocycles. The van der Waals surface area contributed by atoms with Gasteiger partial charge in [0, 0.05) is 61.6 Å². The summed E-state index contributed by atoms with van der Waals surface area (Å²) in [6.45, 7) is 1.72. The summed E-state index contributed by atoms with van der Waals surface area (Å²) >= 11 is 0. The number of nitrogens with one attached hydrogen (secondary N) is 2. The average molecular weight is 510 g/mol. The number of benzene rings is 1. The molecule has 0 radical (unpaired) electrons. The van der Waals surface area contributed by atoms with Crippen LogP contribution in [0, 0.1) is 11.2 Å². The van der Waals surface area contributed by atoms with E-state index in [9.17, 15) is 9.18 Å². The Labute approximate surface area is 208 Å². The highest BCUT2D eigenvalue weighted by atomic mass is 35.5. The largest absolute Gasteiger partial charge is 0.444 e. The number of alkyl carbamates (subject to hydrolysis) is 1. The standard InChI is InChI=1S/C22H28FN7O4.ClH/c23-19-15(14-33-22(32)28-20(24)25)4-3-5-18(19)16-12-26-21(27-13-16)30-8-6-17(7-9-30)29-34-11-2-1-10-31;/h3-5,12-13,31H,1-2,6-11,14H2,(H4,24,25,28,32);1H. The Morgan fingerprint density at radius 2 is 1.97 bits per heavy atom. The first-order valence-electron chi connectivity index (χ1n) is 10.9. The van der Waals surface area contributed by atoms with Gasteiger partial charge in [-0.15, -0.1) is 12.4 Å². The van der Waals surface area contributed by atoms with Gasteiger partial charge in [-0.3, -0.25) is 10.7 Å². The second kappa shape index (κ2) is 14.0. The molecule has 1 aromatic carbocycles. The summed E-state index contributed by atoms with van der Waals surface area (Å²) in [5, 5.41) is 21.9. The van der Waals surface area contributed by atoms with Crippen molar-refractivity contribution in [3.63, 3.8) is 0 Å². The molecule has 1 saturated heterocycles. The molecule has 190 valence electrons. The second-order valence-corrected chi connectivity index (χ2v) is 7.57. The highest BCUT2D eigenvalue weighted by molar-refractivity contribution is 5.91. The molecular formula is C22H29ClFN7O4. The molecular weight excluding hydrogens is 481 g/mol. The zero-order valence-electron chi connectivity index (χ0n) is 19.1. The quantitative estimate of drug-likeness (QED) is 0.174. The smallest absolute Gasteiger partial charge is 0.414 e. The van der Waals surface area contributed by atoms with Crippen LogP contribution in [0.15, 0.2) is 35.7 Å². The monoisotopic (exact) mass is 509 g/mol. The van der Waals surface area contributed by atoms with E-state index in [0.29, 0.717) is 37.6 Å². The number of aromatic nitrogens is 2. The molecule has 35 heavy (non-hydrogen) atoms. The number of carbonyl (C=O) groups excluding carboxylic acids is 1. The van der Waals surface area contributed by atoms with Gasteiger partial charge in [0.25, 0.3) is 0 Å². The molecule has 1 fully saturated rings. The molecule has 11 nitrogen and oxygen atoms in total. The maximum absolute atomic E-state index is 15.0. The van der Waals surface area contributed by atoms with E-state index >= 15 is 0 Å². The third-order valence-electron chi connectivity index (χ3n) is 5.08. The number of hydrogen-bond donors (Lipinski definition) is 4. The summed E-state index contributed by atoms with van der Waals surface area (Å²) < 4.78 is 19.8. The van der Waals surface area contributed by atoms with Crippen molar-refractivity contribution in [1.29, 1.82) is 5.41 Å². The fourth-order valence-corrected chi connectivity index (χ4v) is 3.30. The fourth-order valence-electron chi connectivity index (χ4n) is 3.30. The molecule has 0 spiro atoms. The average Bonchev–Trinajstić information content (AvgIpc) is 2.83. The second-order valence-electron chi connectivity index (χ2n) is 7.57. The van der Waals surface area contributed by atoms with Crippen molar-refractivity contribution in [2.24, 2.45) is 10.9 Å².